The topological polar surface area (TPSA) is 79.7 Å². The van der Waals surface area contributed by atoms with Crippen LogP contribution in [0.1, 0.15) is 59.9 Å². The van der Waals surface area contributed by atoms with Crippen molar-refractivity contribution in [2.75, 3.05) is 44.2 Å². The molecule has 3 aliphatic rings. The van der Waals surface area contributed by atoms with E-state index in [0.717, 1.165) is 63.3 Å². The standard InChI is InChI=1S/C22H33N3O4S/c1-16-13-20(17(2)25(16)19-7-12-30(28,29)15-19)21(26)14-23-10-5-18(6-11-23)22(27)24-8-3-4-9-24/h13,18-19H,3-12,14-15H2,1-2H3. The summed E-state index contributed by atoms with van der Waals surface area (Å²) in [5.41, 5.74) is 2.53. The van der Waals surface area contributed by atoms with E-state index in [1.807, 2.05) is 29.4 Å². The lowest BCUT2D eigenvalue weighted by molar-refractivity contribution is -0.135. The molecule has 166 valence electrons. The fourth-order valence-electron chi connectivity index (χ4n) is 5.42. The Morgan fingerprint density at radius 1 is 1.03 bits per heavy atom. The quantitative estimate of drug-likeness (QED) is 0.661. The predicted octanol–water partition coefficient (Wildman–Crippen LogP) is 1.98. The van der Waals surface area contributed by atoms with Crippen molar-refractivity contribution in [3.8, 4) is 0 Å². The molecule has 1 aromatic heterocycles. The first-order valence-corrected chi connectivity index (χ1v) is 13.0. The first kappa shape index (κ1) is 21.6. The normalized spacial score (nSPS) is 25.1. The molecule has 0 aliphatic carbocycles. The molecule has 1 aromatic rings. The van der Waals surface area contributed by atoms with Gasteiger partial charge in [0.25, 0.3) is 0 Å². The van der Waals surface area contributed by atoms with E-state index in [2.05, 4.69) is 4.90 Å². The predicted molar refractivity (Wildman–Crippen MR) is 116 cm³/mol. The van der Waals surface area contributed by atoms with Crippen molar-refractivity contribution in [1.82, 2.24) is 14.4 Å². The molecule has 1 unspecified atom stereocenters. The average Bonchev–Trinajstić information content (AvgIpc) is 3.41. The second-order valence-corrected chi connectivity index (χ2v) is 11.4. The van der Waals surface area contributed by atoms with Gasteiger partial charge in [0.2, 0.25) is 5.91 Å². The van der Waals surface area contributed by atoms with Gasteiger partial charge in [-0.1, -0.05) is 0 Å². The molecule has 30 heavy (non-hydrogen) atoms. The molecule has 3 aliphatic heterocycles. The van der Waals surface area contributed by atoms with Crippen LogP contribution in [0, 0.1) is 19.8 Å². The first-order chi connectivity index (χ1) is 14.2. The van der Waals surface area contributed by atoms with E-state index in [9.17, 15) is 18.0 Å². The number of nitrogens with zero attached hydrogens (tertiary/aromatic N) is 3. The Bertz CT molecular complexity index is 922. The number of likely N-dealkylation sites (tertiary alicyclic amines) is 2. The van der Waals surface area contributed by atoms with Gasteiger partial charge in [-0.25, -0.2) is 8.42 Å². The zero-order chi connectivity index (χ0) is 21.5. The number of hydrogen-bond donors (Lipinski definition) is 0. The van der Waals surface area contributed by atoms with Gasteiger partial charge in [0.05, 0.1) is 18.1 Å². The number of amides is 1. The number of Topliss-reactive ketones (excluding diaryl/α,β-unsaturated/α-hetero) is 1. The van der Waals surface area contributed by atoms with Crippen LogP contribution in [-0.2, 0) is 14.6 Å². The Morgan fingerprint density at radius 3 is 2.30 bits per heavy atom. The molecule has 0 aromatic carbocycles. The maximum absolute atomic E-state index is 13.0. The van der Waals surface area contributed by atoms with Crippen LogP contribution in [0.3, 0.4) is 0 Å². The van der Waals surface area contributed by atoms with Crippen LogP contribution < -0.4 is 0 Å². The van der Waals surface area contributed by atoms with Crippen molar-refractivity contribution in [2.24, 2.45) is 5.92 Å². The van der Waals surface area contributed by atoms with Crippen molar-refractivity contribution >= 4 is 21.5 Å². The van der Waals surface area contributed by atoms with Crippen molar-refractivity contribution in [3.63, 3.8) is 0 Å². The fraction of sp³-hybridized carbons (Fsp3) is 0.727. The number of aromatic nitrogens is 1. The van der Waals surface area contributed by atoms with Crippen LogP contribution in [0.25, 0.3) is 0 Å². The van der Waals surface area contributed by atoms with Gasteiger partial charge in [0.1, 0.15) is 0 Å². The molecule has 0 saturated carbocycles. The van der Waals surface area contributed by atoms with Crippen molar-refractivity contribution < 1.29 is 18.0 Å². The van der Waals surface area contributed by atoms with Crippen LogP contribution >= 0.6 is 0 Å². The monoisotopic (exact) mass is 435 g/mol. The first-order valence-electron chi connectivity index (χ1n) is 11.2. The molecular weight excluding hydrogens is 402 g/mol. The minimum atomic E-state index is -2.97. The van der Waals surface area contributed by atoms with Gasteiger partial charge in [-0.05, 0) is 65.1 Å². The third-order valence-corrected chi connectivity index (χ3v) is 8.83. The molecule has 3 saturated heterocycles. The highest BCUT2D eigenvalue weighted by atomic mass is 32.2. The second kappa shape index (κ2) is 8.46. The Hall–Kier alpha value is -1.67. The van der Waals surface area contributed by atoms with E-state index in [1.54, 1.807) is 0 Å². The summed E-state index contributed by atoms with van der Waals surface area (Å²) in [6.07, 6.45) is 4.49. The fourth-order valence-corrected chi connectivity index (χ4v) is 7.12. The van der Waals surface area contributed by atoms with Crippen molar-refractivity contribution in [1.29, 1.82) is 0 Å². The Morgan fingerprint density at radius 2 is 1.70 bits per heavy atom. The lowest BCUT2D eigenvalue weighted by Crippen LogP contribution is -2.43. The molecule has 8 heteroatoms. The van der Waals surface area contributed by atoms with Gasteiger partial charge >= 0.3 is 0 Å². The summed E-state index contributed by atoms with van der Waals surface area (Å²) in [6.45, 7) is 7.57. The SMILES string of the molecule is Cc1cc(C(=O)CN2CCC(C(=O)N3CCCC3)CC2)c(C)n1C1CCS(=O)(=O)C1. The average molecular weight is 436 g/mol. The largest absolute Gasteiger partial charge is 0.344 e. The van der Waals surface area contributed by atoms with Crippen LogP contribution in [0.4, 0.5) is 0 Å². The number of piperidine rings is 1. The molecule has 1 atom stereocenters. The molecule has 1 amide bonds. The summed E-state index contributed by atoms with van der Waals surface area (Å²) >= 11 is 0. The maximum Gasteiger partial charge on any atom is 0.225 e. The summed E-state index contributed by atoms with van der Waals surface area (Å²) in [4.78, 5) is 29.8. The summed E-state index contributed by atoms with van der Waals surface area (Å²) in [7, 11) is -2.97. The molecule has 0 bridgehead atoms. The third kappa shape index (κ3) is 4.35. The van der Waals surface area contributed by atoms with Crippen LogP contribution in [0.2, 0.25) is 0 Å². The highest BCUT2D eigenvalue weighted by Crippen LogP contribution is 2.29. The van der Waals surface area contributed by atoms with Crippen molar-refractivity contribution in [3.05, 3.63) is 23.0 Å². The zero-order valence-corrected chi connectivity index (χ0v) is 18.9. The molecule has 3 fully saturated rings. The summed E-state index contributed by atoms with van der Waals surface area (Å²) < 4.78 is 25.8. The third-order valence-electron chi connectivity index (χ3n) is 7.08. The molecule has 0 N–H and O–H groups in total. The molecule has 4 heterocycles. The Kier molecular flexibility index (Phi) is 6.08. The van der Waals surface area contributed by atoms with E-state index in [-0.39, 0.29) is 29.2 Å². The van der Waals surface area contributed by atoms with Gasteiger partial charge in [0.15, 0.2) is 15.6 Å². The second-order valence-electron chi connectivity index (χ2n) is 9.22. The lowest BCUT2D eigenvalue weighted by Gasteiger charge is -2.32. The van der Waals surface area contributed by atoms with Gasteiger partial charge in [0, 0.05) is 42.0 Å². The smallest absolute Gasteiger partial charge is 0.225 e. The minimum Gasteiger partial charge on any atom is -0.344 e. The molecular formula is C22H33N3O4S. The molecule has 0 radical (unpaired) electrons. The van der Waals surface area contributed by atoms with E-state index >= 15 is 0 Å². The van der Waals surface area contributed by atoms with Crippen molar-refractivity contribution in [2.45, 2.75) is 52.0 Å². The molecule has 4 rings (SSSR count). The van der Waals surface area contributed by atoms with Crippen LogP contribution in [0.5, 0.6) is 0 Å². The zero-order valence-electron chi connectivity index (χ0n) is 18.1. The number of aryl methyl sites for hydroxylation is 1. The molecule has 7 nitrogen and oxygen atoms in total. The van der Waals surface area contributed by atoms with E-state index in [0.29, 0.717) is 24.4 Å². The van der Waals surface area contributed by atoms with Crippen LogP contribution in [0.15, 0.2) is 6.07 Å². The van der Waals surface area contributed by atoms with E-state index in [4.69, 9.17) is 0 Å². The molecule has 0 spiro atoms. The van der Waals surface area contributed by atoms with Crippen LogP contribution in [-0.4, -0.2) is 78.7 Å². The van der Waals surface area contributed by atoms with Gasteiger partial charge in [-0.15, -0.1) is 0 Å². The lowest BCUT2D eigenvalue weighted by atomic mass is 9.95. The van der Waals surface area contributed by atoms with E-state index < -0.39 is 9.84 Å². The Labute approximate surface area is 179 Å². The summed E-state index contributed by atoms with van der Waals surface area (Å²) in [5.74, 6) is 0.871. The number of sulfone groups is 1. The number of hydrogen-bond acceptors (Lipinski definition) is 5. The Balaban J connectivity index is 1.36. The number of carbonyl (C=O) groups excluding carboxylic acids is 2. The van der Waals surface area contributed by atoms with Gasteiger partial charge in [-0.3, -0.25) is 14.5 Å². The van der Waals surface area contributed by atoms with Gasteiger partial charge in [-0.2, -0.15) is 0 Å². The minimum absolute atomic E-state index is 0.0658. The maximum atomic E-state index is 13.0. The highest BCUT2D eigenvalue weighted by molar-refractivity contribution is 7.91. The number of carbonyl (C=O) groups is 2. The van der Waals surface area contributed by atoms with E-state index in [1.165, 1.54) is 0 Å². The summed E-state index contributed by atoms with van der Waals surface area (Å²) in [6, 6.07) is 1.84. The summed E-state index contributed by atoms with van der Waals surface area (Å²) in [5, 5.41) is 0. The number of rotatable bonds is 5. The number of ketones is 1. The highest BCUT2D eigenvalue weighted by Gasteiger charge is 2.33. The van der Waals surface area contributed by atoms with Gasteiger partial charge < -0.3 is 9.47 Å².